The minimum atomic E-state index is -0.382. The first kappa shape index (κ1) is 28.1. The number of aromatic hydroxyl groups is 2. The number of carbonyl (C=O) groups is 2. The summed E-state index contributed by atoms with van der Waals surface area (Å²) in [5.74, 6) is 0.519. The maximum absolute atomic E-state index is 13.1. The molecular weight excluding hydrogens is 496 g/mol. The average molecular weight is 535 g/mol. The van der Waals surface area contributed by atoms with Gasteiger partial charge in [-0.3, -0.25) is 14.2 Å². The highest BCUT2D eigenvalue weighted by atomic mass is 16.3. The van der Waals surface area contributed by atoms with E-state index < -0.39 is 0 Å². The summed E-state index contributed by atoms with van der Waals surface area (Å²) in [5.41, 5.74) is 2.88. The van der Waals surface area contributed by atoms with Gasteiger partial charge in [-0.25, -0.2) is 0 Å². The molecule has 2 heterocycles. The Bertz CT molecular complexity index is 1310. The molecular formula is C29H38N6O4. The maximum Gasteiger partial charge on any atom is 0.289 e. The van der Waals surface area contributed by atoms with E-state index in [-0.39, 0.29) is 35.1 Å². The van der Waals surface area contributed by atoms with Crippen molar-refractivity contribution in [3.63, 3.8) is 0 Å². The molecule has 10 heteroatoms. The van der Waals surface area contributed by atoms with Gasteiger partial charge in [-0.1, -0.05) is 26.0 Å². The van der Waals surface area contributed by atoms with Gasteiger partial charge in [0.05, 0.1) is 5.56 Å². The molecule has 1 saturated heterocycles. The third-order valence-corrected chi connectivity index (χ3v) is 7.31. The van der Waals surface area contributed by atoms with E-state index in [0.29, 0.717) is 41.6 Å². The van der Waals surface area contributed by atoms with Crippen molar-refractivity contribution in [3.8, 4) is 28.6 Å². The van der Waals surface area contributed by atoms with Crippen LogP contribution in [0.15, 0.2) is 36.4 Å². The number of likely N-dealkylation sites (N-methyl/N-ethyl adjacent to an activating group) is 1. The second kappa shape index (κ2) is 12.3. The summed E-state index contributed by atoms with van der Waals surface area (Å²) in [6, 6.07) is 10.9. The highest BCUT2D eigenvalue weighted by Gasteiger charge is 2.25. The molecule has 1 aliphatic heterocycles. The Hall–Kier alpha value is -3.92. The first-order valence-corrected chi connectivity index (χ1v) is 13.5. The largest absolute Gasteiger partial charge is 0.508 e. The van der Waals surface area contributed by atoms with Crippen LogP contribution < -0.4 is 10.6 Å². The van der Waals surface area contributed by atoms with Crippen LogP contribution >= 0.6 is 0 Å². The van der Waals surface area contributed by atoms with Crippen LogP contribution in [0.3, 0.4) is 0 Å². The molecule has 1 fully saturated rings. The Balaban J connectivity index is 1.67. The fraction of sp³-hybridized carbons (Fsp3) is 0.448. The highest BCUT2D eigenvalue weighted by molar-refractivity contribution is 5.92. The molecule has 4 N–H and O–H groups in total. The van der Waals surface area contributed by atoms with Crippen LogP contribution in [-0.2, 0) is 11.2 Å². The van der Waals surface area contributed by atoms with E-state index in [4.69, 9.17) is 0 Å². The number of nitrogens with zero attached hydrogens (tertiary/aromatic N) is 4. The minimum absolute atomic E-state index is 0.000775. The number of amides is 2. The van der Waals surface area contributed by atoms with Gasteiger partial charge in [-0.15, -0.1) is 10.2 Å². The second-order valence-electron chi connectivity index (χ2n) is 10.4. The quantitative estimate of drug-likeness (QED) is 0.310. The van der Waals surface area contributed by atoms with Crippen molar-refractivity contribution in [2.75, 3.05) is 33.2 Å². The molecule has 1 aliphatic rings. The van der Waals surface area contributed by atoms with E-state index in [9.17, 15) is 19.8 Å². The normalized spacial score (nSPS) is 14.1. The number of aromatic nitrogens is 3. The molecule has 39 heavy (non-hydrogen) atoms. The Morgan fingerprint density at radius 2 is 1.72 bits per heavy atom. The Kier molecular flexibility index (Phi) is 8.86. The monoisotopic (exact) mass is 534 g/mol. The zero-order valence-corrected chi connectivity index (χ0v) is 23.1. The predicted octanol–water partition coefficient (Wildman–Crippen LogP) is 3.22. The molecule has 0 aliphatic carbocycles. The third-order valence-electron chi connectivity index (χ3n) is 7.31. The molecule has 3 aromatic rings. The van der Waals surface area contributed by atoms with Gasteiger partial charge >= 0.3 is 0 Å². The molecule has 0 unspecified atom stereocenters. The molecule has 208 valence electrons. The van der Waals surface area contributed by atoms with Gasteiger partial charge in [-0.2, -0.15) is 0 Å². The zero-order chi connectivity index (χ0) is 28.1. The summed E-state index contributed by atoms with van der Waals surface area (Å²) in [7, 11) is 1.81. The van der Waals surface area contributed by atoms with Gasteiger partial charge in [0.1, 0.15) is 11.5 Å². The number of nitrogens with one attached hydrogen (secondary N) is 2. The number of phenols is 2. The van der Waals surface area contributed by atoms with Crippen molar-refractivity contribution in [1.82, 2.24) is 30.3 Å². The molecule has 2 amide bonds. The molecule has 0 bridgehead atoms. The summed E-state index contributed by atoms with van der Waals surface area (Å²) >= 11 is 0. The van der Waals surface area contributed by atoms with Crippen molar-refractivity contribution in [3.05, 3.63) is 53.3 Å². The molecule has 0 atom stereocenters. The number of phenolic OH excluding ortho intramolecular Hbond substituents is 2. The van der Waals surface area contributed by atoms with Crippen molar-refractivity contribution >= 4 is 11.8 Å². The van der Waals surface area contributed by atoms with Crippen molar-refractivity contribution in [2.24, 2.45) is 5.92 Å². The van der Waals surface area contributed by atoms with Crippen molar-refractivity contribution < 1.29 is 19.8 Å². The van der Waals surface area contributed by atoms with Crippen LogP contribution in [0.1, 0.15) is 61.3 Å². The van der Waals surface area contributed by atoms with Crippen LogP contribution in [0.5, 0.6) is 11.5 Å². The van der Waals surface area contributed by atoms with Gasteiger partial charge in [-0.05, 0) is 67.5 Å². The van der Waals surface area contributed by atoms with E-state index in [2.05, 4.69) is 20.8 Å². The Morgan fingerprint density at radius 1 is 1.03 bits per heavy atom. The summed E-state index contributed by atoms with van der Waals surface area (Å²) in [6.45, 7) is 8.12. The number of carbonyl (C=O) groups excluding carboxylic acids is 2. The van der Waals surface area contributed by atoms with Crippen LogP contribution in [0, 0.1) is 5.92 Å². The zero-order valence-electron chi connectivity index (χ0n) is 23.1. The average Bonchev–Trinajstić information content (AvgIpc) is 3.34. The minimum Gasteiger partial charge on any atom is -0.508 e. The highest BCUT2D eigenvalue weighted by Crippen LogP contribution is 2.38. The standard InChI is InChI=1S/C29H38N6O4/c1-18(2)23-16-24(26(38)17-25(23)37)27-32-33-28(29(39)31-12-11-30-4)35(27)22-7-5-20(6-8-22)15-21-9-13-34(14-10-21)19(3)36/h5-8,16-18,21,30,37-38H,9-15H2,1-4H3,(H,31,39). The number of likely N-dealkylation sites (tertiary alicyclic amines) is 1. The summed E-state index contributed by atoms with van der Waals surface area (Å²) in [6.07, 6.45) is 2.87. The smallest absolute Gasteiger partial charge is 0.289 e. The van der Waals surface area contributed by atoms with Crippen LogP contribution in [-0.4, -0.2) is 74.9 Å². The van der Waals surface area contributed by atoms with Gasteiger partial charge in [0, 0.05) is 44.9 Å². The molecule has 4 rings (SSSR count). The number of piperidine rings is 1. The lowest BCUT2D eigenvalue weighted by Crippen LogP contribution is -2.37. The van der Waals surface area contributed by atoms with Crippen LogP contribution in [0.4, 0.5) is 0 Å². The van der Waals surface area contributed by atoms with Gasteiger partial charge < -0.3 is 25.7 Å². The number of hydrogen-bond donors (Lipinski definition) is 4. The molecule has 10 nitrogen and oxygen atoms in total. The predicted molar refractivity (Wildman–Crippen MR) is 149 cm³/mol. The van der Waals surface area contributed by atoms with E-state index in [1.165, 1.54) is 11.6 Å². The fourth-order valence-corrected chi connectivity index (χ4v) is 5.03. The summed E-state index contributed by atoms with van der Waals surface area (Å²) in [5, 5.41) is 35.4. The first-order chi connectivity index (χ1) is 18.7. The van der Waals surface area contributed by atoms with E-state index in [1.807, 2.05) is 43.0 Å². The van der Waals surface area contributed by atoms with E-state index in [1.54, 1.807) is 24.6 Å². The topological polar surface area (TPSA) is 133 Å². The summed E-state index contributed by atoms with van der Waals surface area (Å²) in [4.78, 5) is 26.6. The molecule has 0 spiro atoms. The van der Waals surface area contributed by atoms with Crippen LogP contribution in [0.2, 0.25) is 0 Å². The van der Waals surface area contributed by atoms with Gasteiger partial charge in [0.2, 0.25) is 11.7 Å². The Labute approximate surface area is 229 Å². The number of hydrogen-bond acceptors (Lipinski definition) is 7. The van der Waals surface area contributed by atoms with Crippen molar-refractivity contribution in [2.45, 2.75) is 46.0 Å². The van der Waals surface area contributed by atoms with Crippen LogP contribution in [0.25, 0.3) is 17.1 Å². The molecule has 2 aromatic carbocycles. The van der Waals surface area contributed by atoms with Gasteiger partial charge in [0.15, 0.2) is 5.82 Å². The maximum atomic E-state index is 13.1. The molecule has 0 radical (unpaired) electrons. The lowest BCUT2D eigenvalue weighted by atomic mass is 9.90. The first-order valence-electron chi connectivity index (χ1n) is 13.5. The summed E-state index contributed by atoms with van der Waals surface area (Å²) < 4.78 is 1.64. The van der Waals surface area contributed by atoms with E-state index in [0.717, 1.165) is 32.4 Å². The van der Waals surface area contributed by atoms with E-state index >= 15 is 0 Å². The lowest BCUT2D eigenvalue weighted by molar-refractivity contribution is -0.130. The number of benzene rings is 2. The van der Waals surface area contributed by atoms with Gasteiger partial charge in [0.25, 0.3) is 5.91 Å². The second-order valence-corrected chi connectivity index (χ2v) is 10.4. The molecule has 1 aromatic heterocycles. The third kappa shape index (κ3) is 6.39. The number of rotatable bonds is 9. The SMILES string of the molecule is CNCCNC(=O)c1nnc(-c2cc(C(C)C)c(O)cc2O)n1-c1ccc(CC2CCN(C(C)=O)CC2)cc1. The Morgan fingerprint density at radius 3 is 2.33 bits per heavy atom. The van der Waals surface area contributed by atoms with Crippen molar-refractivity contribution in [1.29, 1.82) is 0 Å². The fourth-order valence-electron chi connectivity index (χ4n) is 5.03. The lowest BCUT2D eigenvalue weighted by Gasteiger charge is -2.31. The molecule has 0 saturated carbocycles.